The Bertz CT molecular complexity index is 239. The van der Waals surface area contributed by atoms with Gasteiger partial charge in [0.1, 0.15) is 0 Å². The van der Waals surface area contributed by atoms with E-state index in [-0.39, 0.29) is 18.4 Å². The van der Waals surface area contributed by atoms with Crippen LogP contribution in [0.3, 0.4) is 0 Å². The molecule has 0 N–H and O–H groups in total. The van der Waals surface area contributed by atoms with Crippen molar-refractivity contribution >= 4 is 11.6 Å². The van der Waals surface area contributed by atoms with Gasteiger partial charge in [0, 0.05) is 23.4 Å². The van der Waals surface area contributed by atoms with E-state index in [9.17, 15) is 8.78 Å². The topological polar surface area (TPSA) is 23.8 Å². The van der Waals surface area contributed by atoms with Gasteiger partial charge in [0.15, 0.2) is 0 Å². The van der Waals surface area contributed by atoms with Crippen molar-refractivity contribution in [1.82, 2.24) is 0 Å². The summed E-state index contributed by atoms with van der Waals surface area (Å²) < 4.78 is 25.1. The molecule has 0 fully saturated rings. The van der Waals surface area contributed by atoms with Crippen molar-refractivity contribution in [3.05, 3.63) is 10.6 Å². The average Bonchev–Trinajstić information content (AvgIpc) is 1.94. The zero-order valence-corrected chi connectivity index (χ0v) is 6.46. The van der Waals surface area contributed by atoms with Gasteiger partial charge in [-0.3, -0.25) is 0 Å². The number of hydrogen-bond acceptors (Lipinski definition) is 1. The van der Waals surface area contributed by atoms with Gasteiger partial charge in [0.2, 0.25) is 0 Å². The lowest BCUT2D eigenvalue weighted by Crippen LogP contribution is -2.20. The molecule has 0 heterocycles. The fourth-order valence-corrected chi connectivity index (χ4v) is 1.19. The SMILES string of the molecule is N#CC1=C(Cl)CCC(F)(F)C1. The zero-order chi connectivity index (χ0) is 8.48. The summed E-state index contributed by atoms with van der Waals surface area (Å²) in [6, 6.07) is 1.68. The summed E-state index contributed by atoms with van der Waals surface area (Å²) in [5.74, 6) is -2.73. The van der Waals surface area contributed by atoms with Crippen molar-refractivity contribution in [2.75, 3.05) is 0 Å². The molecule has 4 heteroatoms. The van der Waals surface area contributed by atoms with Crippen molar-refractivity contribution in [3.63, 3.8) is 0 Å². The number of rotatable bonds is 0. The second kappa shape index (κ2) is 2.78. The molecule has 1 rings (SSSR count). The van der Waals surface area contributed by atoms with Gasteiger partial charge in [-0.2, -0.15) is 5.26 Å². The smallest absolute Gasteiger partial charge is 0.206 e. The van der Waals surface area contributed by atoms with Crippen LogP contribution in [0.15, 0.2) is 10.6 Å². The van der Waals surface area contributed by atoms with Crippen LogP contribution in [0.25, 0.3) is 0 Å². The lowest BCUT2D eigenvalue weighted by molar-refractivity contribution is -0.00985. The Hall–Kier alpha value is -0.620. The van der Waals surface area contributed by atoms with E-state index in [1.807, 2.05) is 0 Å². The van der Waals surface area contributed by atoms with Crippen molar-refractivity contribution in [1.29, 1.82) is 5.26 Å². The van der Waals surface area contributed by atoms with E-state index >= 15 is 0 Å². The normalized spacial score (nSPS) is 23.1. The van der Waals surface area contributed by atoms with E-state index in [2.05, 4.69) is 0 Å². The molecule has 0 spiro atoms. The van der Waals surface area contributed by atoms with Crippen LogP contribution in [0.2, 0.25) is 0 Å². The monoisotopic (exact) mass is 177 g/mol. The van der Waals surface area contributed by atoms with Crippen LogP contribution in [0.5, 0.6) is 0 Å². The van der Waals surface area contributed by atoms with Crippen LogP contribution in [-0.2, 0) is 0 Å². The zero-order valence-electron chi connectivity index (χ0n) is 5.70. The van der Waals surface area contributed by atoms with Gasteiger partial charge in [-0.15, -0.1) is 0 Å². The molecule has 0 unspecified atom stereocenters. The van der Waals surface area contributed by atoms with E-state index in [0.29, 0.717) is 5.03 Å². The highest BCUT2D eigenvalue weighted by atomic mass is 35.5. The van der Waals surface area contributed by atoms with Crippen molar-refractivity contribution in [2.45, 2.75) is 25.2 Å². The van der Waals surface area contributed by atoms with Crippen LogP contribution in [0.4, 0.5) is 8.78 Å². The van der Waals surface area contributed by atoms with Crippen LogP contribution < -0.4 is 0 Å². The first-order valence-corrected chi connectivity index (χ1v) is 3.58. The standard InChI is InChI=1S/C7H6ClF2N/c8-6-1-2-7(9,10)3-5(6)4-11/h1-3H2. The van der Waals surface area contributed by atoms with Gasteiger partial charge in [-0.1, -0.05) is 11.6 Å². The predicted octanol–water partition coefficient (Wildman–Crippen LogP) is 2.82. The largest absolute Gasteiger partial charge is 0.253 e. The predicted molar refractivity (Wildman–Crippen MR) is 37.3 cm³/mol. The highest BCUT2D eigenvalue weighted by molar-refractivity contribution is 6.30. The maximum absolute atomic E-state index is 12.6. The van der Waals surface area contributed by atoms with Crippen LogP contribution in [-0.4, -0.2) is 5.92 Å². The molecule has 0 bridgehead atoms. The number of nitrogens with zero attached hydrogens (tertiary/aromatic N) is 1. The summed E-state index contributed by atoms with van der Waals surface area (Å²) in [6.07, 6.45) is -0.614. The molecular formula is C7H6ClF2N. The first-order chi connectivity index (χ1) is 5.05. The molecule has 1 aliphatic carbocycles. The van der Waals surface area contributed by atoms with E-state index < -0.39 is 12.3 Å². The fourth-order valence-electron chi connectivity index (χ4n) is 0.987. The molecule has 0 amide bonds. The minimum absolute atomic E-state index is 0.0305. The fraction of sp³-hybridized carbons (Fsp3) is 0.571. The molecule has 0 atom stereocenters. The summed E-state index contributed by atoms with van der Waals surface area (Å²) in [5, 5.41) is 8.66. The lowest BCUT2D eigenvalue weighted by Gasteiger charge is -2.20. The Balaban J connectivity index is 2.84. The van der Waals surface area contributed by atoms with Gasteiger partial charge >= 0.3 is 0 Å². The van der Waals surface area contributed by atoms with Crippen molar-refractivity contribution in [2.24, 2.45) is 0 Å². The third kappa shape index (κ3) is 1.90. The Morgan fingerprint density at radius 3 is 2.64 bits per heavy atom. The molecule has 0 radical (unpaired) electrons. The number of nitriles is 1. The van der Waals surface area contributed by atoms with Gasteiger partial charge < -0.3 is 0 Å². The highest BCUT2D eigenvalue weighted by Gasteiger charge is 2.34. The minimum atomic E-state index is -2.73. The molecule has 0 aromatic rings. The van der Waals surface area contributed by atoms with Gasteiger partial charge in [0.05, 0.1) is 6.07 Å². The van der Waals surface area contributed by atoms with Crippen molar-refractivity contribution < 1.29 is 8.78 Å². The molecule has 0 saturated heterocycles. The van der Waals surface area contributed by atoms with Crippen LogP contribution in [0, 0.1) is 11.3 Å². The molecule has 0 saturated carbocycles. The Labute approximate surface area is 68.3 Å². The van der Waals surface area contributed by atoms with Crippen LogP contribution in [0.1, 0.15) is 19.3 Å². The van der Waals surface area contributed by atoms with E-state index in [1.54, 1.807) is 6.07 Å². The Morgan fingerprint density at radius 1 is 1.55 bits per heavy atom. The quantitative estimate of drug-likeness (QED) is 0.558. The number of halogens is 3. The molecule has 1 aliphatic rings. The molecule has 11 heavy (non-hydrogen) atoms. The summed E-state index contributed by atoms with van der Waals surface area (Å²) in [4.78, 5) is 0. The molecule has 0 aromatic heterocycles. The summed E-state index contributed by atoms with van der Waals surface area (Å²) in [5.41, 5.74) is 0.0305. The number of alkyl halides is 2. The molecule has 0 aliphatic heterocycles. The first-order valence-electron chi connectivity index (χ1n) is 3.20. The Kier molecular flexibility index (Phi) is 2.15. The van der Waals surface area contributed by atoms with E-state index in [1.165, 1.54) is 0 Å². The maximum atomic E-state index is 12.6. The average molecular weight is 178 g/mol. The summed E-state index contributed by atoms with van der Waals surface area (Å²) >= 11 is 5.53. The third-order valence-corrected chi connectivity index (χ3v) is 2.03. The number of hydrogen-bond donors (Lipinski definition) is 0. The second-order valence-corrected chi connectivity index (χ2v) is 2.98. The van der Waals surface area contributed by atoms with Gasteiger partial charge in [0.25, 0.3) is 5.92 Å². The van der Waals surface area contributed by atoms with Crippen molar-refractivity contribution in [3.8, 4) is 6.07 Å². The molecular weight excluding hydrogens is 172 g/mol. The third-order valence-electron chi connectivity index (χ3n) is 1.61. The summed E-state index contributed by atoms with van der Waals surface area (Å²) in [7, 11) is 0. The van der Waals surface area contributed by atoms with E-state index in [0.717, 1.165) is 0 Å². The van der Waals surface area contributed by atoms with Gasteiger partial charge in [-0.05, 0) is 6.42 Å². The first kappa shape index (κ1) is 8.48. The Morgan fingerprint density at radius 2 is 2.18 bits per heavy atom. The van der Waals surface area contributed by atoms with E-state index in [4.69, 9.17) is 16.9 Å². The number of allylic oxidation sites excluding steroid dienone is 2. The molecule has 60 valence electrons. The van der Waals surface area contributed by atoms with Gasteiger partial charge in [-0.25, -0.2) is 8.78 Å². The highest BCUT2D eigenvalue weighted by Crippen LogP contribution is 2.37. The molecule has 1 nitrogen and oxygen atoms in total. The maximum Gasteiger partial charge on any atom is 0.253 e. The summed E-state index contributed by atoms with van der Waals surface area (Å²) in [6.45, 7) is 0. The van der Waals surface area contributed by atoms with Crippen LogP contribution >= 0.6 is 11.6 Å². The minimum Gasteiger partial charge on any atom is -0.206 e. The molecule has 0 aromatic carbocycles. The lowest BCUT2D eigenvalue weighted by atomic mass is 9.97. The second-order valence-electron chi connectivity index (χ2n) is 2.53.